The number of benzene rings is 3. The smallest absolute Gasteiger partial charge is 0.376 e. The van der Waals surface area contributed by atoms with Crippen molar-refractivity contribution in [3.05, 3.63) is 139 Å². The van der Waals surface area contributed by atoms with Crippen LogP contribution in [0.25, 0.3) is 39.0 Å². The number of hydrogen-bond acceptors (Lipinski definition) is 8. The Morgan fingerprint density at radius 2 is 1.71 bits per heavy atom. The molecule has 3 aliphatic heterocycles. The van der Waals surface area contributed by atoms with Gasteiger partial charge in [0.1, 0.15) is 28.7 Å². The van der Waals surface area contributed by atoms with Crippen LogP contribution in [-0.4, -0.2) is 72.5 Å². The van der Waals surface area contributed by atoms with Gasteiger partial charge in [-0.2, -0.15) is 10.2 Å². The summed E-state index contributed by atoms with van der Waals surface area (Å²) in [6.07, 6.45) is 8.58. The van der Waals surface area contributed by atoms with Crippen molar-refractivity contribution < 1.29 is 27.2 Å². The molecule has 1 N–H and O–H groups in total. The Bertz CT molecular complexity index is 3530. The maximum Gasteiger partial charge on any atom is 0.438 e. The highest BCUT2D eigenvalue weighted by Crippen LogP contribution is 2.57. The molecule has 5 atom stereocenters. The molecule has 0 radical (unpaired) electrons. The lowest BCUT2D eigenvalue weighted by atomic mass is 9.82. The highest BCUT2D eigenvalue weighted by molar-refractivity contribution is 6.00. The van der Waals surface area contributed by atoms with Crippen molar-refractivity contribution in [3.8, 4) is 17.2 Å². The van der Waals surface area contributed by atoms with Gasteiger partial charge >= 0.3 is 11.4 Å². The van der Waals surface area contributed by atoms with E-state index in [-0.39, 0.29) is 57.7 Å². The number of carbonyl (C=O) groups is 1. The summed E-state index contributed by atoms with van der Waals surface area (Å²) < 4.78 is 67.2. The number of rotatable bonds is 7. The molecular formula is C50H49F3N10O5. The van der Waals surface area contributed by atoms with E-state index in [1.54, 1.807) is 71.4 Å². The Labute approximate surface area is 386 Å². The standard InChI is InChI=1S/C50H49F3N10O5/c1-25-16-32(17-26(2)41(25)52)63-44(60-14-13-59(48(60)66)38-11-10-36-33(42(38)53)24-54-58(36)6)40-35(56-63)21-31-8-7-9-37(40)61(31)45(64)39-20-30-18-29(28-12-15-67-49(4,5)23-28)19-34(51)43(30)62(39)50(22-27(50)3)46-55-47(65)68-57-46/h10-11,13-14,16-20,24,27-28,31,37H,7-9,12,15,21-23H2,1-6H3,(H,55,57,65)/t27-,28?,31+,37-,50-/m0/s1. The Hall–Kier alpha value is -6.95. The van der Waals surface area contributed by atoms with Gasteiger partial charge in [-0.1, -0.05) is 12.1 Å². The first-order chi connectivity index (χ1) is 32.5. The molecule has 350 valence electrons. The fraction of sp³-hybridized carbons (Fsp3) is 0.400. The minimum atomic E-state index is -1.10. The van der Waals surface area contributed by atoms with Crippen molar-refractivity contribution in [3.63, 3.8) is 0 Å². The number of aromatic amines is 1. The number of ether oxygens (including phenoxy) is 1. The van der Waals surface area contributed by atoms with E-state index in [1.165, 1.54) is 27.6 Å². The van der Waals surface area contributed by atoms with Crippen molar-refractivity contribution in [1.82, 2.24) is 48.3 Å². The van der Waals surface area contributed by atoms with Crippen molar-refractivity contribution in [2.24, 2.45) is 13.0 Å². The molecule has 3 aromatic carbocycles. The predicted molar refractivity (Wildman–Crippen MR) is 244 cm³/mol. The molecule has 4 aliphatic rings. The minimum absolute atomic E-state index is 0.0253. The topological polar surface area (TPSA) is 156 Å². The Morgan fingerprint density at radius 3 is 2.43 bits per heavy atom. The molecule has 12 rings (SSSR count). The molecule has 8 heterocycles. The number of aryl methyl sites for hydroxylation is 3. The number of halogens is 3. The van der Waals surface area contributed by atoms with Gasteiger partial charge in [-0.05, 0) is 137 Å². The quantitative estimate of drug-likeness (QED) is 0.168. The number of carbonyl (C=O) groups excluding carboxylic acids is 1. The first kappa shape index (κ1) is 42.4. The van der Waals surface area contributed by atoms with Crippen LogP contribution < -0.4 is 11.4 Å². The first-order valence-corrected chi connectivity index (χ1v) is 23.2. The van der Waals surface area contributed by atoms with Crippen LogP contribution in [-0.2, 0) is 23.7 Å². The molecule has 8 aromatic rings. The summed E-state index contributed by atoms with van der Waals surface area (Å²) in [5.41, 5.74) is 2.34. The molecule has 5 aromatic heterocycles. The summed E-state index contributed by atoms with van der Waals surface area (Å²) in [5, 5.41) is 14.3. The average molecular weight is 927 g/mol. The van der Waals surface area contributed by atoms with E-state index < -0.39 is 40.3 Å². The van der Waals surface area contributed by atoms with Gasteiger partial charge in [0.15, 0.2) is 11.6 Å². The van der Waals surface area contributed by atoms with E-state index in [1.807, 2.05) is 31.7 Å². The van der Waals surface area contributed by atoms with E-state index in [2.05, 4.69) is 15.2 Å². The third-order valence-corrected chi connectivity index (χ3v) is 15.3. The maximum absolute atomic E-state index is 17.2. The lowest BCUT2D eigenvalue weighted by Gasteiger charge is -2.46. The highest BCUT2D eigenvalue weighted by Gasteiger charge is 2.60. The van der Waals surface area contributed by atoms with Gasteiger partial charge in [0.05, 0.1) is 51.3 Å². The van der Waals surface area contributed by atoms with Gasteiger partial charge in [-0.15, -0.1) is 0 Å². The van der Waals surface area contributed by atoms with E-state index in [9.17, 15) is 9.59 Å². The molecule has 0 spiro atoms. The van der Waals surface area contributed by atoms with Gasteiger partial charge in [-0.25, -0.2) is 27.4 Å². The molecule has 18 heteroatoms. The normalized spacial score (nSPS) is 23.2. The highest BCUT2D eigenvalue weighted by atomic mass is 19.1. The number of nitrogens with one attached hydrogen (secondary N) is 1. The van der Waals surface area contributed by atoms with Crippen molar-refractivity contribution >= 4 is 27.7 Å². The summed E-state index contributed by atoms with van der Waals surface area (Å²) in [6, 6.07) is 10.9. The van der Waals surface area contributed by atoms with Crippen molar-refractivity contribution in [2.45, 2.75) is 109 Å². The van der Waals surface area contributed by atoms with Crippen molar-refractivity contribution in [2.75, 3.05) is 6.61 Å². The summed E-state index contributed by atoms with van der Waals surface area (Å²) in [4.78, 5) is 47.9. The Kier molecular flexibility index (Phi) is 9.21. The number of hydrogen-bond donors (Lipinski definition) is 1. The molecular weight excluding hydrogens is 878 g/mol. The van der Waals surface area contributed by atoms with Crippen LogP contribution in [0.1, 0.15) is 116 Å². The number of fused-ring (bicyclic) bond motifs is 6. The largest absolute Gasteiger partial charge is 0.438 e. The van der Waals surface area contributed by atoms with E-state index >= 15 is 18.0 Å². The lowest BCUT2D eigenvalue weighted by molar-refractivity contribution is -0.0593. The van der Waals surface area contributed by atoms with Crippen LogP contribution in [0.3, 0.4) is 0 Å². The summed E-state index contributed by atoms with van der Waals surface area (Å²) in [5.74, 6) is -2.19. The second-order valence-corrected chi connectivity index (χ2v) is 20.0. The monoisotopic (exact) mass is 926 g/mol. The van der Waals surface area contributed by atoms with Gasteiger partial charge in [0.25, 0.3) is 5.91 Å². The predicted octanol–water partition coefficient (Wildman–Crippen LogP) is 8.11. The van der Waals surface area contributed by atoms with Gasteiger partial charge < -0.3 is 14.2 Å². The van der Waals surface area contributed by atoms with Crippen LogP contribution in [0.2, 0.25) is 0 Å². The number of piperidine rings is 1. The average Bonchev–Trinajstić information content (AvgIpc) is 3.93. The fourth-order valence-corrected chi connectivity index (χ4v) is 11.9. The third kappa shape index (κ3) is 6.14. The zero-order valence-corrected chi connectivity index (χ0v) is 38.4. The number of amides is 1. The molecule has 1 saturated carbocycles. The SMILES string of the molecule is Cc1cc(-n2nc3c(c2-n2ccn(-c4ccc5c(cnn5C)c4F)c2=O)[C@@H]2CCC[C@H](C3)N2C(=O)c2cc3cc(C4CCOC(C)(C)C4)cc(F)c3n2[C@@]2(c3noc(=O)[nH]3)C[C@@H]2C)cc(C)c1F. The van der Waals surface area contributed by atoms with Crippen molar-refractivity contribution in [1.29, 1.82) is 0 Å². The minimum Gasteiger partial charge on any atom is -0.376 e. The molecule has 2 bridgehead atoms. The molecule has 68 heavy (non-hydrogen) atoms. The van der Waals surface area contributed by atoms with Crippen LogP contribution in [0, 0.1) is 37.2 Å². The molecule has 2 saturated heterocycles. The Morgan fingerprint density at radius 1 is 0.941 bits per heavy atom. The van der Waals surface area contributed by atoms with E-state index in [4.69, 9.17) is 14.4 Å². The zero-order chi connectivity index (χ0) is 47.3. The number of H-pyrrole nitrogens is 1. The summed E-state index contributed by atoms with van der Waals surface area (Å²) >= 11 is 0. The van der Waals surface area contributed by atoms with Crippen LogP contribution in [0.5, 0.6) is 0 Å². The number of nitrogens with zero attached hydrogens (tertiary/aromatic N) is 9. The van der Waals surface area contributed by atoms with Crippen LogP contribution in [0.15, 0.2) is 75.2 Å². The van der Waals surface area contributed by atoms with Crippen LogP contribution >= 0.6 is 0 Å². The molecule has 1 unspecified atom stereocenters. The van der Waals surface area contributed by atoms with Gasteiger partial charge in [0.2, 0.25) is 0 Å². The molecule has 1 aliphatic carbocycles. The fourth-order valence-electron chi connectivity index (χ4n) is 11.9. The number of aromatic nitrogens is 9. The lowest BCUT2D eigenvalue weighted by Crippen LogP contribution is -2.50. The third-order valence-electron chi connectivity index (χ3n) is 15.3. The zero-order valence-electron chi connectivity index (χ0n) is 38.4. The first-order valence-electron chi connectivity index (χ1n) is 23.2. The second kappa shape index (κ2) is 14.8. The molecule has 3 fully saturated rings. The maximum atomic E-state index is 17.2. The summed E-state index contributed by atoms with van der Waals surface area (Å²) in [6.45, 7) is 9.90. The summed E-state index contributed by atoms with van der Waals surface area (Å²) in [7, 11) is 1.71. The molecule has 15 nitrogen and oxygen atoms in total. The van der Waals surface area contributed by atoms with E-state index in [0.717, 1.165) is 18.4 Å². The van der Waals surface area contributed by atoms with Crippen LogP contribution in [0.4, 0.5) is 13.2 Å². The second-order valence-electron chi connectivity index (χ2n) is 20.0. The van der Waals surface area contributed by atoms with Gasteiger partial charge in [-0.3, -0.25) is 28.1 Å². The van der Waals surface area contributed by atoms with E-state index in [0.29, 0.717) is 83.5 Å². The van der Waals surface area contributed by atoms with Gasteiger partial charge in [0, 0.05) is 49.5 Å². The number of imidazole rings is 1. The Balaban J connectivity index is 1.04. The molecule has 1 amide bonds.